The second kappa shape index (κ2) is 7.47. The second-order valence-electron chi connectivity index (χ2n) is 6.65. The van der Waals surface area contributed by atoms with Gasteiger partial charge in [0.25, 0.3) is 0 Å². The molecule has 0 spiro atoms. The zero-order valence-electron chi connectivity index (χ0n) is 14.8. The standard InChI is InChI=1S/C20H26N4/c1-4-8-17-13-19(21-12-11-15(2)3)24-20(23-17)18(14-22-24)16-9-6-5-7-10-16/h5-7,9-10,13-15,21H,4,8,11-12H2,1-3H3. The molecule has 0 aliphatic heterocycles. The van der Waals surface area contributed by atoms with E-state index in [4.69, 9.17) is 4.98 Å². The van der Waals surface area contributed by atoms with Crippen molar-refractivity contribution in [2.24, 2.45) is 5.92 Å². The van der Waals surface area contributed by atoms with Gasteiger partial charge < -0.3 is 5.32 Å². The molecule has 3 rings (SSSR count). The van der Waals surface area contributed by atoms with E-state index in [1.807, 2.05) is 16.8 Å². The largest absolute Gasteiger partial charge is 0.370 e. The number of nitrogens with one attached hydrogen (secondary N) is 1. The van der Waals surface area contributed by atoms with Crippen molar-refractivity contribution < 1.29 is 0 Å². The number of nitrogens with zero attached hydrogens (tertiary/aromatic N) is 3. The van der Waals surface area contributed by atoms with Crippen molar-refractivity contribution in [1.29, 1.82) is 0 Å². The quantitative estimate of drug-likeness (QED) is 0.679. The Hall–Kier alpha value is -2.36. The Balaban J connectivity index is 2.02. The third-order valence-corrected chi connectivity index (χ3v) is 4.14. The lowest BCUT2D eigenvalue weighted by molar-refractivity contribution is 0.605. The molecule has 0 radical (unpaired) electrons. The summed E-state index contributed by atoms with van der Waals surface area (Å²) in [5.41, 5.74) is 4.29. The SMILES string of the molecule is CCCc1cc(NCCC(C)C)n2ncc(-c3ccccc3)c2n1. The fourth-order valence-electron chi connectivity index (χ4n) is 2.83. The highest BCUT2D eigenvalue weighted by Crippen LogP contribution is 2.26. The Morgan fingerprint density at radius 3 is 2.67 bits per heavy atom. The van der Waals surface area contributed by atoms with E-state index in [1.165, 1.54) is 0 Å². The number of benzene rings is 1. The van der Waals surface area contributed by atoms with E-state index in [9.17, 15) is 0 Å². The van der Waals surface area contributed by atoms with Gasteiger partial charge in [0, 0.05) is 23.9 Å². The molecule has 2 aromatic heterocycles. The molecule has 0 saturated heterocycles. The zero-order valence-corrected chi connectivity index (χ0v) is 14.8. The van der Waals surface area contributed by atoms with Gasteiger partial charge in [-0.15, -0.1) is 0 Å². The number of hydrogen-bond acceptors (Lipinski definition) is 3. The van der Waals surface area contributed by atoms with E-state index in [0.717, 1.165) is 54.1 Å². The molecule has 0 unspecified atom stereocenters. The Kier molecular flexibility index (Phi) is 5.14. The molecule has 126 valence electrons. The predicted molar refractivity (Wildman–Crippen MR) is 100 cm³/mol. The Labute approximate surface area is 143 Å². The van der Waals surface area contributed by atoms with Gasteiger partial charge in [0.05, 0.1) is 6.20 Å². The maximum absolute atomic E-state index is 4.87. The summed E-state index contributed by atoms with van der Waals surface area (Å²) >= 11 is 0. The molecular weight excluding hydrogens is 296 g/mol. The van der Waals surface area contributed by atoms with Crippen molar-refractivity contribution in [3.05, 3.63) is 48.3 Å². The summed E-state index contributed by atoms with van der Waals surface area (Å²) in [6.45, 7) is 7.62. The van der Waals surface area contributed by atoms with Crippen LogP contribution < -0.4 is 5.32 Å². The number of fused-ring (bicyclic) bond motifs is 1. The van der Waals surface area contributed by atoms with Crippen molar-refractivity contribution >= 4 is 11.5 Å². The van der Waals surface area contributed by atoms with Gasteiger partial charge in [-0.3, -0.25) is 0 Å². The molecule has 1 N–H and O–H groups in total. The highest BCUT2D eigenvalue weighted by atomic mass is 15.3. The van der Waals surface area contributed by atoms with Crippen molar-refractivity contribution in [2.45, 2.75) is 40.0 Å². The van der Waals surface area contributed by atoms with E-state index in [1.54, 1.807) is 0 Å². The van der Waals surface area contributed by atoms with Crippen LogP contribution in [0, 0.1) is 5.92 Å². The van der Waals surface area contributed by atoms with Crippen LogP contribution in [0.5, 0.6) is 0 Å². The Bertz CT molecular complexity index is 790. The molecule has 1 aromatic carbocycles. The number of aryl methyl sites for hydroxylation is 1. The molecule has 0 aliphatic carbocycles. The van der Waals surface area contributed by atoms with Crippen LogP contribution in [0.4, 0.5) is 5.82 Å². The van der Waals surface area contributed by atoms with Gasteiger partial charge in [0.15, 0.2) is 5.65 Å². The highest BCUT2D eigenvalue weighted by Gasteiger charge is 2.12. The normalized spacial score (nSPS) is 11.3. The number of hydrogen-bond donors (Lipinski definition) is 1. The molecule has 0 bridgehead atoms. The van der Waals surface area contributed by atoms with Gasteiger partial charge in [-0.2, -0.15) is 9.61 Å². The van der Waals surface area contributed by atoms with Crippen LogP contribution in [0.2, 0.25) is 0 Å². The number of rotatable bonds is 7. The fraction of sp³-hybridized carbons (Fsp3) is 0.400. The molecule has 0 amide bonds. The molecular formula is C20H26N4. The Morgan fingerprint density at radius 1 is 1.17 bits per heavy atom. The van der Waals surface area contributed by atoms with Gasteiger partial charge in [-0.25, -0.2) is 4.98 Å². The number of aromatic nitrogens is 3. The third kappa shape index (κ3) is 3.58. The summed E-state index contributed by atoms with van der Waals surface area (Å²) in [7, 11) is 0. The van der Waals surface area contributed by atoms with Gasteiger partial charge in [-0.1, -0.05) is 57.5 Å². The molecule has 4 heteroatoms. The average molecular weight is 322 g/mol. The van der Waals surface area contributed by atoms with E-state index in [0.29, 0.717) is 5.92 Å². The van der Waals surface area contributed by atoms with E-state index >= 15 is 0 Å². The summed E-state index contributed by atoms with van der Waals surface area (Å²) in [6.07, 6.45) is 5.12. The first-order valence-corrected chi connectivity index (χ1v) is 8.86. The lowest BCUT2D eigenvalue weighted by atomic mass is 10.1. The Morgan fingerprint density at radius 2 is 1.96 bits per heavy atom. The first-order valence-electron chi connectivity index (χ1n) is 8.86. The molecule has 0 aliphatic rings. The first kappa shape index (κ1) is 16.5. The topological polar surface area (TPSA) is 42.2 Å². The summed E-state index contributed by atoms with van der Waals surface area (Å²) in [5.74, 6) is 1.72. The van der Waals surface area contributed by atoms with Gasteiger partial charge in [0.1, 0.15) is 5.82 Å². The summed E-state index contributed by atoms with van der Waals surface area (Å²) in [5, 5.41) is 8.13. The van der Waals surface area contributed by atoms with Crippen LogP contribution in [0.3, 0.4) is 0 Å². The maximum atomic E-state index is 4.87. The van der Waals surface area contributed by atoms with Crippen molar-refractivity contribution in [1.82, 2.24) is 14.6 Å². The summed E-state index contributed by atoms with van der Waals surface area (Å²) in [6, 6.07) is 12.5. The van der Waals surface area contributed by atoms with Crippen LogP contribution in [-0.4, -0.2) is 21.1 Å². The third-order valence-electron chi connectivity index (χ3n) is 4.14. The van der Waals surface area contributed by atoms with Gasteiger partial charge in [-0.05, 0) is 24.3 Å². The predicted octanol–water partition coefficient (Wildman–Crippen LogP) is 4.81. The van der Waals surface area contributed by atoms with Gasteiger partial charge in [0.2, 0.25) is 0 Å². The van der Waals surface area contributed by atoms with Crippen LogP contribution >= 0.6 is 0 Å². The van der Waals surface area contributed by atoms with Crippen molar-refractivity contribution in [3.63, 3.8) is 0 Å². The highest BCUT2D eigenvalue weighted by molar-refractivity contribution is 5.78. The van der Waals surface area contributed by atoms with Crippen LogP contribution in [0.15, 0.2) is 42.6 Å². The minimum absolute atomic E-state index is 0.683. The monoisotopic (exact) mass is 322 g/mol. The molecule has 0 fully saturated rings. The zero-order chi connectivity index (χ0) is 16.9. The van der Waals surface area contributed by atoms with Crippen LogP contribution in [-0.2, 0) is 6.42 Å². The summed E-state index contributed by atoms with van der Waals surface area (Å²) in [4.78, 5) is 4.87. The minimum atomic E-state index is 0.683. The van der Waals surface area contributed by atoms with E-state index < -0.39 is 0 Å². The average Bonchev–Trinajstić information content (AvgIpc) is 3.00. The molecule has 4 nitrogen and oxygen atoms in total. The van der Waals surface area contributed by atoms with Crippen molar-refractivity contribution in [3.8, 4) is 11.1 Å². The smallest absolute Gasteiger partial charge is 0.165 e. The first-order chi connectivity index (χ1) is 11.7. The lowest BCUT2D eigenvalue weighted by Gasteiger charge is -2.12. The second-order valence-corrected chi connectivity index (χ2v) is 6.65. The van der Waals surface area contributed by atoms with E-state index in [-0.39, 0.29) is 0 Å². The van der Waals surface area contributed by atoms with Gasteiger partial charge >= 0.3 is 0 Å². The van der Waals surface area contributed by atoms with Crippen LogP contribution in [0.25, 0.3) is 16.8 Å². The molecule has 2 heterocycles. The van der Waals surface area contributed by atoms with Crippen molar-refractivity contribution in [2.75, 3.05) is 11.9 Å². The fourth-order valence-corrected chi connectivity index (χ4v) is 2.83. The molecule has 3 aromatic rings. The lowest BCUT2D eigenvalue weighted by Crippen LogP contribution is -2.10. The van der Waals surface area contributed by atoms with E-state index in [2.05, 4.69) is 61.5 Å². The molecule has 0 atom stereocenters. The number of anilines is 1. The minimum Gasteiger partial charge on any atom is -0.370 e. The maximum Gasteiger partial charge on any atom is 0.165 e. The van der Waals surface area contributed by atoms with Crippen LogP contribution in [0.1, 0.15) is 39.3 Å². The molecule has 0 saturated carbocycles. The molecule has 24 heavy (non-hydrogen) atoms. The summed E-state index contributed by atoms with van der Waals surface area (Å²) < 4.78 is 1.93.